The van der Waals surface area contributed by atoms with Gasteiger partial charge in [-0.05, 0) is 6.07 Å². The van der Waals surface area contributed by atoms with E-state index in [9.17, 15) is 19.7 Å². The number of nitrogens with two attached hydrogens (primary N) is 1. The maximum atomic E-state index is 11.5. The second kappa shape index (κ2) is 5.36. The van der Waals surface area contributed by atoms with Gasteiger partial charge in [-0.15, -0.1) is 0 Å². The molecule has 0 aliphatic heterocycles. The highest BCUT2D eigenvalue weighted by Crippen LogP contribution is 2.26. The molecule has 108 valence electrons. The van der Waals surface area contributed by atoms with E-state index in [1.165, 1.54) is 6.07 Å². The van der Waals surface area contributed by atoms with Crippen molar-refractivity contribution in [3.8, 4) is 11.3 Å². The van der Waals surface area contributed by atoms with E-state index in [2.05, 4.69) is 20.1 Å². The molecular formula is C11H9N5O5. The van der Waals surface area contributed by atoms with Gasteiger partial charge in [0.15, 0.2) is 5.69 Å². The monoisotopic (exact) mass is 291 g/mol. The van der Waals surface area contributed by atoms with Gasteiger partial charge in [-0.3, -0.25) is 14.9 Å². The number of rotatable bonds is 4. The first-order valence-electron chi connectivity index (χ1n) is 5.52. The molecule has 0 bridgehead atoms. The number of non-ortho nitro benzene ring substituents is 1. The van der Waals surface area contributed by atoms with Gasteiger partial charge in [-0.2, -0.15) is 15.4 Å². The number of amides is 1. The van der Waals surface area contributed by atoms with Crippen LogP contribution in [-0.4, -0.2) is 39.3 Å². The van der Waals surface area contributed by atoms with E-state index in [0.29, 0.717) is 0 Å². The number of hydrogen-bond acceptors (Lipinski definition) is 7. The van der Waals surface area contributed by atoms with Crippen molar-refractivity contribution in [1.29, 1.82) is 0 Å². The Morgan fingerprint density at radius 2 is 2.05 bits per heavy atom. The number of nitro groups is 1. The van der Waals surface area contributed by atoms with Gasteiger partial charge in [0, 0.05) is 17.7 Å². The van der Waals surface area contributed by atoms with Crippen LogP contribution in [0.3, 0.4) is 0 Å². The van der Waals surface area contributed by atoms with Crippen LogP contribution in [0.5, 0.6) is 0 Å². The molecule has 10 heteroatoms. The van der Waals surface area contributed by atoms with E-state index in [-0.39, 0.29) is 28.2 Å². The number of nitro benzene ring substituents is 1. The maximum absolute atomic E-state index is 11.5. The minimum atomic E-state index is -0.857. The van der Waals surface area contributed by atoms with Crippen molar-refractivity contribution in [2.45, 2.75) is 0 Å². The highest BCUT2D eigenvalue weighted by atomic mass is 16.6. The number of nitrogens with zero attached hydrogens (tertiary/aromatic N) is 3. The Morgan fingerprint density at radius 1 is 1.33 bits per heavy atom. The molecular weight excluding hydrogens is 282 g/mol. The van der Waals surface area contributed by atoms with Gasteiger partial charge in [-0.25, -0.2) is 4.79 Å². The number of carbonyl (C=O) groups is 2. The normalized spacial score (nSPS) is 10.1. The third-order valence-corrected chi connectivity index (χ3v) is 2.60. The summed E-state index contributed by atoms with van der Waals surface area (Å²) in [6.07, 6.45) is 0. The summed E-state index contributed by atoms with van der Waals surface area (Å²) in [5.41, 5.74) is 4.69. The number of nitrogens with one attached hydrogen (secondary N) is 1. The smallest absolute Gasteiger partial charge is 0.338 e. The number of aromatic nitrogens is 3. The molecule has 0 aliphatic carbocycles. The van der Waals surface area contributed by atoms with Crippen LogP contribution in [-0.2, 0) is 4.74 Å². The zero-order chi connectivity index (χ0) is 15.6. The lowest BCUT2D eigenvalue weighted by Gasteiger charge is -2.03. The molecule has 21 heavy (non-hydrogen) atoms. The van der Waals surface area contributed by atoms with Gasteiger partial charge < -0.3 is 10.5 Å². The number of ether oxygens (including phenoxy) is 1. The number of esters is 1. The lowest BCUT2D eigenvalue weighted by Crippen LogP contribution is -2.13. The van der Waals surface area contributed by atoms with E-state index in [4.69, 9.17) is 5.73 Å². The summed E-state index contributed by atoms with van der Waals surface area (Å²) in [7, 11) is 1.14. The summed E-state index contributed by atoms with van der Waals surface area (Å²) in [6, 6.07) is 3.50. The van der Waals surface area contributed by atoms with Crippen LogP contribution in [0.2, 0.25) is 0 Å². The summed E-state index contributed by atoms with van der Waals surface area (Å²) in [6.45, 7) is 0. The zero-order valence-corrected chi connectivity index (χ0v) is 10.7. The molecule has 1 amide bonds. The van der Waals surface area contributed by atoms with Crippen LogP contribution >= 0.6 is 0 Å². The summed E-state index contributed by atoms with van der Waals surface area (Å²) < 4.78 is 4.52. The van der Waals surface area contributed by atoms with Crippen LogP contribution in [0.25, 0.3) is 11.3 Å². The van der Waals surface area contributed by atoms with Gasteiger partial charge in [-0.1, -0.05) is 0 Å². The fourth-order valence-corrected chi connectivity index (χ4v) is 1.69. The second-order valence-electron chi connectivity index (χ2n) is 3.90. The van der Waals surface area contributed by atoms with Crippen LogP contribution < -0.4 is 5.73 Å². The molecule has 0 fully saturated rings. The molecule has 0 unspecified atom stereocenters. The van der Waals surface area contributed by atoms with E-state index in [1.807, 2.05) is 0 Å². The van der Waals surface area contributed by atoms with Crippen LogP contribution in [0.1, 0.15) is 20.8 Å². The lowest BCUT2D eigenvalue weighted by molar-refractivity contribution is -0.384. The molecule has 0 spiro atoms. The average Bonchev–Trinajstić information content (AvgIpc) is 2.95. The van der Waals surface area contributed by atoms with Gasteiger partial charge in [0.05, 0.1) is 17.6 Å². The Bertz CT molecular complexity index is 738. The first-order valence-corrected chi connectivity index (χ1v) is 5.52. The minimum Gasteiger partial charge on any atom is -0.465 e. The van der Waals surface area contributed by atoms with E-state index in [1.54, 1.807) is 0 Å². The molecule has 1 aromatic carbocycles. The number of methoxy groups -OCH3 is 1. The molecule has 0 aliphatic rings. The van der Waals surface area contributed by atoms with E-state index < -0.39 is 16.8 Å². The molecule has 0 saturated carbocycles. The fourth-order valence-electron chi connectivity index (χ4n) is 1.69. The maximum Gasteiger partial charge on any atom is 0.338 e. The Labute approximate surface area is 117 Å². The van der Waals surface area contributed by atoms with Gasteiger partial charge in [0.2, 0.25) is 0 Å². The van der Waals surface area contributed by atoms with Gasteiger partial charge in [0.1, 0.15) is 5.69 Å². The number of aromatic amines is 1. The van der Waals surface area contributed by atoms with Crippen molar-refractivity contribution in [2.24, 2.45) is 5.73 Å². The number of primary amides is 1. The minimum absolute atomic E-state index is 0.0105. The van der Waals surface area contributed by atoms with Crippen LogP contribution in [0, 0.1) is 10.1 Å². The van der Waals surface area contributed by atoms with Crippen LogP contribution in [0.4, 0.5) is 5.69 Å². The first-order chi connectivity index (χ1) is 9.93. The SMILES string of the molecule is COC(=O)c1cc(-c2n[nH]nc2C(N)=O)cc([N+](=O)[O-])c1. The quantitative estimate of drug-likeness (QED) is 0.465. The van der Waals surface area contributed by atoms with Crippen LogP contribution in [0.15, 0.2) is 18.2 Å². The molecule has 0 atom stereocenters. The Balaban J connectivity index is 2.65. The van der Waals surface area contributed by atoms with E-state index in [0.717, 1.165) is 19.2 Å². The molecule has 2 aromatic rings. The Morgan fingerprint density at radius 3 is 2.62 bits per heavy atom. The average molecular weight is 291 g/mol. The Kier molecular flexibility index (Phi) is 3.61. The topological polar surface area (TPSA) is 154 Å². The highest BCUT2D eigenvalue weighted by Gasteiger charge is 2.21. The summed E-state index contributed by atoms with van der Waals surface area (Å²) in [4.78, 5) is 33.0. The van der Waals surface area contributed by atoms with Gasteiger partial charge in [0.25, 0.3) is 11.6 Å². The van der Waals surface area contributed by atoms with Crippen molar-refractivity contribution in [3.05, 3.63) is 39.6 Å². The van der Waals surface area contributed by atoms with Crippen molar-refractivity contribution in [2.75, 3.05) is 7.11 Å². The number of H-pyrrole nitrogens is 1. The number of benzene rings is 1. The standard InChI is InChI=1S/C11H9N5O5/c1-21-11(18)6-2-5(3-7(4-6)16(19)20)8-9(10(12)17)14-15-13-8/h2-4H,1H3,(H2,12,17)(H,13,14,15). The number of carbonyl (C=O) groups excluding carboxylic acids is 2. The molecule has 10 nitrogen and oxygen atoms in total. The fraction of sp³-hybridized carbons (Fsp3) is 0.0909. The lowest BCUT2D eigenvalue weighted by atomic mass is 10.0. The second-order valence-corrected chi connectivity index (χ2v) is 3.90. The molecule has 3 N–H and O–H groups in total. The predicted molar refractivity (Wildman–Crippen MR) is 68.3 cm³/mol. The predicted octanol–water partition coefficient (Wildman–Crippen LogP) is 0.265. The van der Waals surface area contributed by atoms with Crippen molar-refractivity contribution in [3.63, 3.8) is 0 Å². The molecule has 2 rings (SSSR count). The zero-order valence-electron chi connectivity index (χ0n) is 10.7. The van der Waals surface area contributed by atoms with Crippen molar-refractivity contribution in [1.82, 2.24) is 15.4 Å². The summed E-state index contributed by atoms with van der Waals surface area (Å²) in [5, 5.41) is 20.4. The summed E-state index contributed by atoms with van der Waals surface area (Å²) in [5.74, 6) is -1.62. The van der Waals surface area contributed by atoms with Gasteiger partial charge >= 0.3 is 5.97 Å². The third kappa shape index (κ3) is 2.68. The Hall–Kier alpha value is -3.30. The largest absolute Gasteiger partial charge is 0.465 e. The third-order valence-electron chi connectivity index (χ3n) is 2.60. The molecule has 0 saturated heterocycles. The van der Waals surface area contributed by atoms with Crippen molar-refractivity contribution < 1.29 is 19.2 Å². The number of hydrogen-bond donors (Lipinski definition) is 2. The molecule has 1 heterocycles. The first kappa shape index (κ1) is 14.1. The highest BCUT2D eigenvalue weighted by molar-refractivity contribution is 5.98. The summed E-state index contributed by atoms with van der Waals surface area (Å²) >= 11 is 0. The molecule has 0 radical (unpaired) electrons. The molecule has 1 aromatic heterocycles. The van der Waals surface area contributed by atoms with E-state index >= 15 is 0 Å². The van der Waals surface area contributed by atoms with Crippen molar-refractivity contribution >= 4 is 17.6 Å².